The highest BCUT2D eigenvalue weighted by Gasteiger charge is 2.26. The van der Waals surface area contributed by atoms with Crippen molar-refractivity contribution in [3.05, 3.63) is 47.9 Å². The molecule has 1 aromatic carbocycles. The molecule has 3 aromatic rings. The van der Waals surface area contributed by atoms with Crippen LogP contribution < -0.4 is 4.74 Å². The molecule has 0 bridgehead atoms. The second-order valence-corrected chi connectivity index (χ2v) is 8.07. The van der Waals surface area contributed by atoms with Gasteiger partial charge in [0.1, 0.15) is 17.4 Å². The zero-order valence-corrected chi connectivity index (χ0v) is 17.1. The topological polar surface area (TPSA) is 77.4 Å². The Bertz CT molecular complexity index is 1080. The number of ether oxygens (including phenoxy) is 2. The zero-order valence-electron chi connectivity index (χ0n) is 17.1. The first-order valence-electron chi connectivity index (χ1n) is 9.59. The van der Waals surface area contributed by atoms with Gasteiger partial charge in [0, 0.05) is 30.2 Å². The van der Waals surface area contributed by atoms with Crippen molar-refractivity contribution in [1.29, 1.82) is 0 Å². The number of amides is 1. The molecule has 150 valence electrons. The molecule has 7 heteroatoms. The van der Waals surface area contributed by atoms with Crippen LogP contribution in [0.5, 0.6) is 5.88 Å². The molecule has 0 saturated heterocycles. The molecule has 4 rings (SSSR count). The molecule has 0 aliphatic carbocycles. The van der Waals surface area contributed by atoms with Crippen LogP contribution in [-0.2, 0) is 17.7 Å². The maximum absolute atomic E-state index is 12.5. The summed E-state index contributed by atoms with van der Waals surface area (Å²) in [5.41, 5.74) is 4.29. The molecule has 2 aromatic heterocycles. The van der Waals surface area contributed by atoms with Gasteiger partial charge < -0.3 is 14.4 Å². The Morgan fingerprint density at radius 2 is 1.93 bits per heavy atom. The van der Waals surface area contributed by atoms with Crippen LogP contribution in [0.25, 0.3) is 22.2 Å². The number of pyridine rings is 1. The van der Waals surface area contributed by atoms with Gasteiger partial charge in [0.05, 0.1) is 12.8 Å². The molecule has 0 spiro atoms. The van der Waals surface area contributed by atoms with E-state index in [1.807, 2.05) is 26.8 Å². The van der Waals surface area contributed by atoms with E-state index >= 15 is 0 Å². The summed E-state index contributed by atoms with van der Waals surface area (Å²) in [5.74, 6) is 0.472. The highest BCUT2D eigenvalue weighted by molar-refractivity contribution is 5.94. The fraction of sp³-hybridized carbons (Fsp3) is 0.364. The molecule has 1 aliphatic rings. The van der Waals surface area contributed by atoms with Gasteiger partial charge in [0.25, 0.3) is 0 Å². The Morgan fingerprint density at radius 3 is 2.69 bits per heavy atom. The van der Waals surface area contributed by atoms with Crippen molar-refractivity contribution in [2.24, 2.45) is 0 Å². The van der Waals surface area contributed by atoms with E-state index in [4.69, 9.17) is 9.47 Å². The number of methoxy groups -OCH3 is 1. The van der Waals surface area contributed by atoms with E-state index < -0.39 is 5.60 Å². The fourth-order valence-corrected chi connectivity index (χ4v) is 3.53. The molecule has 0 radical (unpaired) electrons. The molecule has 7 nitrogen and oxygen atoms in total. The zero-order chi connectivity index (χ0) is 20.6. The summed E-state index contributed by atoms with van der Waals surface area (Å²) in [6, 6.07) is 8.17. The number of carbonyl (C=O) groups is 1. The van der Waals surface area contributed by atoms with Crippen molar-refractivity contribution in [1.82, 2.24) is 19.9 Å². The minimum Gasteiger partial charge on any atom is -0.479 e. The average Bonchev–Trinajstić information content (AvgIpc) is 2.70. The quantitative estimate of drug-likeness (QED) is 0.656. The van der Waals surface area contributed by atoms with Crippen molar-refractivity contribution in [3.8, 4) is 17.1 Å². The summed E-state index contributed by atoms with van der Waals surface area (Å²) < 4.78 is 10.9. The van der Waals surface area contributed by atoms with Crippen molar-refractivity contribution in [2.75, 3.05) is 13.7 Å². The van der Waals surface area contributed by atoms with Gasteiger partial charge in [0.2, 0.25) is 5.88 Å². The van der Waals surface area contributed by atoms with Crippen LogP contribution in [0, 0.1) is 0 Å². The molecule has 29 heavy (non-hydrogen) atoms. The highest BCUT2D eigenvalue weighted by atomic mass is 16.6. The molecule has 0 atom stereocenters. The number of benzene rings is 1. The molecule has 1 amide bonds. The van der Waals surface area contributed by atoms with Gasteiger partial charge in [-0.05, 0) is 50.5 Å². The van der Waals surface area contributed by atoms with E-state index in [1.54, 1.807) is 18.2 Å². The molecular formula is C22H24N4O3. The molecular weight excluding hydrogens is 368 g/mol. The van der Waals surface area contributed by atoms with E-state index in [9.17, 15) is 4.79 Å². The third kappa shape index (κ3) is 3.85. The lowest BCUT2D eigenvalue weighted by Gasteiger charge is -2.31. The summed E-state index contributed by atoms with van der Waals surface area (Å²) in [6.07, 6.45) is 3.74. The van der Waals surface area contributed by atoms with Gasteiger partial charge in [-0.3, -0.25) is 0 Å². The number of nitrogens with zero attached hydrogens (tertiary/aromatic N) is 4. The minimum atomic E-state index is -0.508. The maximum Gasteiger partial charge on any atom is 0.410 e. The van der Waals surface area contributed by atoms with Crippen molar-refractivity contribution < 1.29 is 14.3 Å². The van der Waals surface area contributed by atoms with E-state index in [-0.39, 0.29) is 6.09 Å². The minimum absolute atomic E-state index is 0.281. The number of fused-ring (bicyclic) bond motifs is 2. The van der Waals surface area contributed by atoms with Gasteiger partial charge in [-0.15, -0.1) is 0 Å². The number of carbonyl (C=O) groups excluding carboxylic acids is 1. The number of aromatic nitrogens is 3. The predicted molar refractivity (Wildman–Crippen MR) is 110 cm³/mol. The molecule has 0 saturated carbocycles. The highest BCUT2D eigenvalue weighted by Crippen LogP contribution is 2.31. The average molecular weight is 392 g/mol. The van der Waals surface area contributed by atoms with Crippen LogP contribution in [0.15, 0.2) is 36.8 Å². The van der Waals surface area contributed by atoms with Gasteiger partial charge >= 0.3 is 6.09 Å². The Labute approximate surface area is 169 Å². The standard InChI is InChI=1S/C22H24N4O3/c1-22(2,3)29-21(27)26-10-8-14-5-6-15(11-16(14)12-26)18-17-7-9-23-20(28-4)19(17)25-13-24-18/h5-7,9,11,13H,8,10,12H2,1-4H3. The van der Waals surface area contributed by atoms with Crippen LogP contribution in [0.2, 0.25) is 0 Å². The van der Waals surface area contributed by atoms with Gasteiger partial charge in [0.15, 0.2) is 0 Å². The van der Waals surface area contributed by atoms with E-state index in [0.717, 1.165) is 28.6 Å². The molecule has 0 fully saturated rings. The summed E-state index contributed by atoms with van der Waals surface area (Å²) in [5, 5.41) is 0.874. The van der Waals surface area contributed by atoms with E-state index in [0.29, 0.717) is 24.5 Å². The van der Waals surface area contributed by atoms with Gasteiger partial charge in [-0.25, -0.2) is 19.7 Å². The van der Waals surface area contributed by atoms with Crippen LogP contribution in [0.3, 0.4) is 0 Å². The van der Waals surface area contributed by atoms with Crippen molar-refractivity contribution in [2.45, 2.75) is 39.3 Å². The van der Waals surface area contributed by atoms with Gasteiger partial charge in [-0.1, -0.05) is 12.1 Å². The lowest BCUT2D eigenvalue weighted by atomic mass is 9.95. The third-order valence-electron chi connectivity index (χ3n) is 4.86. The Kier molecular flexibility index (Phi) is 4.82. The predicted octanol–water partition coefficient (Wildman–Crippen LogP) is 3.99. The Morgan fingerprint density at radius 1 is 1.10 bits per heavy atom. The first-order valence-corrected chi connectivity index (χ1v) is 9.59. The first-order chi connectivity index (χ1) is 13.9. The van der Waals surface area contributed by atoms with Crippen LogP contribution in [-0.4, -0.2) is 45.2 Å². The largest absolute Gasteiger partial charge is 0.479 e. The normalized spacial score (nSPS) is 13.9. The first kappa shape index (κ1) is 19.1. The van der Waals surface area contributed by atoms with Crippen LogP contribution >= 0.6 is 0 Å². The molecule has 0 unspecified atom stereocenters. The van der Waals surface area contributed by atoms with Crippen LogP contribution in [0.1, 0.15) is 31.9 Å². The summed E-state index contributed by atoms with van der Waals surface area (Å²) in [4.78, 5) is 27.3. The van der Waals surface area contributed by atoms with Crippen LogP contribution in [0.4, 0.5) is 4.79 Å². The fourth-order valence-electron chi connectivity index (χ4n) is 3.53. The molecule has 3 heterocycles. The SMILES string of the molecule is COc1nccc2c(-c3ccc4c(c3)CN(C(=O)OC(C)(C)C)CC4)ncnc12. The van der Waals surface area contributed by atoms with E-state index in [1.165, 1.54) is 11.9 Å². The molecule has 0 N–H and O–H groups in total. The van der Waals surface area contributed by atoms with Crippen molar-refractivity contribution >= 4 is 17.0 Å². The number of rotatable bonds is 2. The molecule has 1 aliphatic heterocycles. The third-order valence-corrected chi connectivity index (χ3v) is 4.86. The summed E-state index contributed by atoms with van der Waals surface area (Å²) in [6.45, 7) is 6.81. The monoisotopic (exact) mass is 392 g/mol. The Balaban J connectivity index is 1.69. The number of hydrogen-bond donors (Lipinski definition) is 0. The second kappa shape index (κ2) is 7.31. The maximum atomic E-state index is 12.5. The second-order valence-electron chi connectivity index (χ2n) is 8.07. The lowest BCUT2D eigenvalue weighted by molar-refractivity contribution is 0.0224. The summed E-state index contributed by atoms with van der Waals surface area (Å²) >= 11 is 0. The number of hydrogen-bond acceptors (Lipinski definition) is 6. The van der Waals surface area contributed by atoms with E-state index in [2.05, 4.69) is 33.2 Å². The summed E-state index contributed by atoms with van der Waals surface area (Å²) in [7, 11) is 1.58. The smallest absolute Gasteiger partial charge is 0.410 e. The van der Waals surface area contributed by atoms with Gasteiger partial charge in [-0.2, -0.15) is 0 Å². The lowest BCUT2D eigenvalue weighted by Crippen LogP contribution is -2.39. The van der Waals surface area contributed by atoms with Crippen molar-refractivity contribution in [3.63, 3.8) is 0 Å². The Hall–Kier alpha value is -3.22.